The quantitative estimate of drug-likeness (QED) is 0.354. The third kappa shape index (κ3) is 3.62. The number of rotatable bonds is 3. The summed E-state index contributed by atoms with van der Waals surface area (Å²) >= 11 is 0. The number of ether oxygens (including phenoxy) is 1. The van der Waals surface area contributed by atoms with Gasteiger partial charge in [-0.25, -0.2) is 4.79 Å². The summed E-state index contributed by atoms with van der Waals surface area (Å²) in [6.45, 7) is 5.09. The van der Waals surface area contributed by atoms with E-state index in [0.29, 0.717) is 5.70 Å². The zero-order valence-electron chi connectivity index (χ0n) is 7.13. The average Bonchev–Trinajstić information content (AvgIpc) is 1.84. The van der Waals surface area contributed by atoms with Gasteiger partial charge in [-0.1, -0.05) is 6.58 Å². The Morgan fingerprint density at radius 3 is 2.36 bits per heavy atom. The fourth-order valence-electron chi connectivity index (χ4n) is 0.419. The van der Waals surface area contributed by atoms with Gasteiger partial charge >= 0.3 is 5.97 Å². The van der Waals surface area contributed by atoms with Crippen molar-refractivity contribution >= 4 is 5.97 Å². The summed E-state index contributed by atoms with van der Waals surface area (Å²) in [5.41, 5.74) is 5.52. The molecule has 0 aromatic heterocycles. The smallest absolute Gasteiger partial charge is 0.355 e. The van der Waals surface area contributed by atoms with Crippen LogP contribution in [0.2, 0.25) is 0 Å². The van der Waals surface area contributed by atoms with Gasteiger partial charge in [0.05, 0.1) is 0 Å². The fourth-order valence-corrected chi connectivity index (χ4v) is 0.419. The van der Waals surface area contributed by atoms with Crippen LogP contribution >= 0.6 is 0 Å². The molecule has 0 fully saturated rings. The van der Waals surface area contributed by atoms with Gasteiger partial charge < -0.3 is 9.64 Å². The molecule has 0 aliphatic rings. The summed E-state index contributed by atoms with van der Waals surface area (Å²) in [5.74, 6) is -0.481. The molecule has 0 rings (SSSR count). The Balaban J connectivity index is 3.94. The predicted octanol–water partition coefficient (Wildman–Crippen LogP) is -0.0904. The lowest BCUT2D eigenvalue weighted by Gasteiger charge is -2.15. The standard InChI is InChI=1S/C7H14N2O2/c1-5(9(3)4)7(10)11-6(2)8/h6H,1,8H2,2-4H3. The van der Waals surface area contributed by atoms with Crippen LogP contribution in [0.25, 0.3) is 0 Å². The number of esters is 1. The number of hydrogen-bond donors (Lipinski definition) is 1. The van der Waals surface area contributed by atoms with Gasteiger partial charge in [0.15, 0.2) is 0 Å². The molecule has 0 amide bonds. The number of likely N-dealkylation sites (N-methyl/N-ethyl adjacent to an activating group) is 1. The van der Waals surface area contributed by atoms with Gasteiger partial charge in [-0.15, -0.1) is 0 Å². The second-order valence-corrected chi connectivity index (χ2v) is 2.45. The summed E-state index contributed by atoms with van der Waals surface area (Å²) in [6, 6.07) is 0. The maximum absolute atomic E-state index is 11.0. The van der Waals surface area contributed by atoms with E-state index in [2.05, 4.69) is 11.3 Å². The van der Waals surface area contributed by atoms with Crippen LogP contribution in [0.4, 0.5) is 0 Å². The maximum Gasteiger partial charge on any atom is 0.355 e. The zero-order valence-corrected chi connectivity index (χ0v) is 7.13. The Hall–Kier alpha value is -1.03. The molecule has 4 nitrogen and oxygen atoms in total. The molecule has 0 aromatic carbocycles. The highest BCUT2D eigenvalue weighted by atomic mass is 16.6. The van der Waals surface area contributed by atoms with Crippen LogP contribution in [0, 0.1) is 0 Å². The van der Waals surface area contributed by atoms with E-state index in [1.165, 1.54) is 0 Å². The Morgan fingerprint density at radius 1 is 1.64 bits per heavy atom. The largest absolute Gasteiger partial charge is 0.442 e. The Labute approximate surface area is 66.6 Å². The molecule has 0 saturated carbocycles. The van der Waals surface area contributed by atoms with Gasteiger partial charge in [0.2, 0.25) is 0 Å². The van der Waals surface area contributed by atoms with Gasteiger partial charge in [0.1, 0.15) is 11.9 Å². The summed E-state index contributed by atoms with van der Waals surface area (Å²) in [6.07, 6.45) is -0.584. The van der Waals surface area contributed by atoms with Gasteiger partial charge in [0, 0.05) is 14.1 Å². The van der Waals surface area contributed by atoms with Crippen LogP contribution in [0.15, 0.2) is 12.3 Å². The van der Waals surface area contributed by atoms with Crippen LogP contribution in [0.1, 0.15) is 6.92 Å². The third-order valence-corrected chi connectivity index (χ3v) is 1.07. The van der Waals surface area contributed by atoms with Crippen molar-refractivity contribution in [1.82, 2.24) is 4.90 Å². The lowest BCUT2D eigenvalue weighted by atomic mass is 10.4. The van der Waals surface area contributed by atoms with Gasteiger partial charge in [-0.05, 0) is 6.92 Å². The Bertz CT molecular complexity index is 164. The average molecular weight is 158 g/mol. The molecule has 0 saturated heterocycles. The van der Waals surface area contributed by atoms with Crippen molar-refractivity contribution in [2.24, 2.45) is 5.73 Å². The van der Waals surface area contributed by atoms with E-state index < -0.39 is 12.2 Å². The summed E-state index contributed by atoms with van der Waals surface area (Å²) in [7, 11) is 3.43. The number of carbonyl (C=O) groups excluding carboxylic acids is 1. The van der Waals surface area contributed by atoms with Crippen molar-refractivity contribution in [3.63, 3.8) is 0 Å². The molecule has 0 bridgehead atoms. The first-order chi connectivity index (χ1) is 4.95. The van der Waals surface area contributed by atoms with Crippen LogP contribution in [-0.4, -0.2) is 31.2 Å². The van der Waals surface area contributed by atoms with Crippen LogP contribution in [0.3, 0.4) is 0 Å². The molecule has 1 atom stereocenters. The van der Waals surface area contributed by atoms with E-state index in [9.17, 15) is 4.79 Å². The topological polar surface area (TPSA) is 55.6 Å². The predicted molar refractivity (Wildman–Crippen MR) is 42.6 cm³/mol. The highest BCUT2D eigenvalue weighted by molar-refractivity contribution is 5.86. The minimum absolute atomic E-state index is 0.294. The number of hydrogen-bond acceptors (Lipinski definition) is 4. The van der Waals surface area contributed by atoms with Crippen molar-refractivity contribution in [1.29, 1.82) is 0 Å². The molecule has 0 heterocycles. The number of carbonyl (C=O) groups is 1. The van der Waals surface area contributed by atoms with E-state index in [1.54, 1.807) is 25.9 Å². The highest BCUT2D eigenvalue weighted by Crippen LogP contribution is 1.98. The normalized spacial score (nSPS) is 12.0. The van der Waals surface area contributed by atoms with E-state index in [1.807, 2.05) is 0 Å². The molecular weight excluding hydrogens is 144 g/mol. The van der Waals surface area contributed by atoms with Crippen molar-refractivity contribution in [3.05, 3.63) is 12.3 Å². The molecule has 0 aromatic rings. The number of nitrogens with two attached hydrogens (primary N) is 1. The van der Waals surface area contributed by atoms with Crippen LogP contribution in [-0.2, 0) is 9.53 Å². The first kappa shape index (κ1) is 9.97. The first-order valence-corrected chi connectivity index (χ1v) is 3.28. The van der Waals surface area contributed by atoms with Gasteiger partial charge in [-0.3, -0.25) is 5.73 Å². The lowest BCUT2D eigenvalue weighted by molar-refractivity contribution is -0.144. The molecule has 11 heavy (non-hydrogen) atoms. The molecule has 0 radical (unpaired) electrons. The minimum Gasteiger partial charge on any atom is -0.442 e. The maximum atomic E-state index is 11.0. The van der Waals surface area contributed by atoms with Crippen molar-refractivity contribution < 1.29 is 9.53 Å². The fraction of sp³-hybridized carbons (Fsp3) is 0.571. The van der Waals surface area contributed by atoms with E-state index in [-0.39, 0.29) is 0 Å². The highest BCUT2D eigenvalue weighted by Gasteiger charge is 2.11. The monoisotopic (exact) mass is 158 g/mol. The van der Waals surface area contributed by atoms with Crippen molar-refractivity contribution in [3.8, 4) is 0 Å². The first-order valence-electron chi connectivity index (χ1n) is 3.28. The summed E-state index contributed by atoms with van der Waals surface area (Å²) < 4.78 is 4.67. The Morgan fingerprint density at radius 2 is 2.09 bits per heavy atom. The molecule has 4 heteroatoms. The lowest BCUT2D eigenvalue weighted by Crippen LogP contribution is -2.28. The van der Waals surface area contributed by atoms with E-state index in [0.717, 1.165) is 0 Å². The molecule has 64 valence electrons. The van der Waals surface area contributed by atoms with Crippen LogP contribution in [0.5, 0.6) is 0 Å². The molecular formula is C7H14N2O2. The van der Waals surface area contributed by atoms with Gasteiger partial charge in [0.25, 0.3) is 0 Å². The SMILES string of the molecule is C=C(C(=O)OC(C)N)N(C)C. The zero-order chi connectivity index (χ0) is 9.02. The van der Waals surface area contributed by atoms with Crippen molar-refractivity contribution in [2.75, 3.05) is 14.1 Å². The van der Waals surface area contributed by atoms with Crippen LogP contribution < -0.4 is 5.73 Å². The third-order valence-electron chi connectivity index (χ3n) is 1.07. The Kier molecular flexibility index (Phi) is 3.60. The second kappa shape index (κ2) is 3.98. The summed E-state index contributed by atoms with van der Waals surface area (Å²) in [5, 5.41) is 0. The molecule has 1 unspecified atom stereocenters. The van der Waals surface area contributed by atoms with Gasteiger partial charge in [-0.2, -0.15) is 0 Å². The summed E-state index contributed by atoms with van der Waals surface area (Å²) in [4.78, 5) is 12.5. The minimum atomic E-state index is -0.584. The second-order valence-electron chi connectivity index (χ2n) is 2.45. The molecule has 2 N–H and O–H groups in total. The molecule has 0 spiro atoms. The van der Waals surface area contributed by atoms with E-state index in [4.69, 9.17) is 5.73 Å². The molecule has 0 aliphatic carbocycles. The number of nitrogens with zero attached hydrogens (tertiary/aromatic N) is 1. The van der Waals surface area contributed by atoms with E-state index >= 15 is 0 Å². The molecule has 0 aliphatic heterocycles. The van der Waals surface area contributed by atoms with Crippen molar-refractivity contribution in [2.45, 2.75) is 13.2 Å².